The van der Waals surface area contributed by atoms with Crippen LogP contribution in [0.2, 0.25) is 0 Å². The SMILES string of the molecule is CCOC(=O)C1=C(C(C)C)C(=O)[C@@H]2[C@H]3CC[C@H](C3)[C@H]12. The van der Waals surface area contributed by atoms with Crippen LogP contribution in [0.25, 0.3) is 0 Å². The fourth-order valence-electron chi connectivity index (χ4n) is 4.63. The van der Waals surface area contributed by atoms with Gasteiger partial charge in [0.15, 0.2) is 5.78 Å². The number of carbonyl (C=O) groups excluding carboxylic acids is 2. The predicted molar refractivity (Wildman–Crippen MR) is 71.3 cm³/mol. The summed E-state index contributed by atoms with van der Waals surface area (Å²) in [4.78, 5) is 25.0. The van der Waals surface area contributed by atoms with Crippen molar-refractivity contribution in [3.8, 4) is 0 Å². The molecule has 0 aromatic heterocycles. The van der Waals surface area contributed by atoms with E-state index in [1.165, 1.54) is 12.8 Å². The second kappa shape index (κ2) is 4.46. The van der Waals surface area contributed by atoms with Gasteiger partial charge in [0.05, 0.1) is 6.61 Å². The molecule has 0 radical (unpaired) electrons. The fraction of sp³-hybridized carbons (Fsp3) is 0.750. The summed E-state index contributed by atoms with van der Waals surface area (Å²) in [5.41, 5.74) is 1.50. The molecule has 0 aromatic rings. The molecule has 2 saturated carbocycles. The van der Waals surface area contributed by atoms with Crippen molar-refractivity contribution in [2.24, 2.45) is 29.6 Å². The molecule has 0 heterocycles. The molecule has 3 nitrogen and oxygen atoms in total. The molecule has 2 fully saturated rings. The van der Waals surface area contributed by atoms with E-state index < -0.39 is 0 Å². The van der Waals surface area contributed by atoms with Crippen molar-refractivity contribution in [2.45, 2.75) is 40.0 Å². The standard InChI is InChI=1S/C16H22O3/c1-4-19-16(18)14-11(8(2)3)15(17)13-10-6-5-9(7-10)12(13)14/h8-10,12-13H,4-7H2,1-3H3/t9-,10+,12+,13-/m1/s1. The largest absolute Gasteiger partial charge is 0.463 e. The van der Waals surface area contributed by atoms with Gasteiger partial charge in [-0.25, -0.2) is 4.79 Å². The average molecular weight is 262 g/mol. The van der Waals surface area contributed by atoms with Gasteiger partial charge < -0.3 is 4.74 Å². The molecule has 3 heteroatoms. The van der Waals surface area contributed by atoms with Gasteiger partial charge in [0.25, 0.3) is 0 Å². The summed E-state index contributed by atoms with van der Waals surface area (Å²) >= 11 is 0. The zero-order valence-corrected chi connectivity index (χ0v) is 11.9. The van der Waals surface area contributed by atoms with Crippen LogP contribution in [-0.2, 0) is 14.3 Å². The van der Waals surface area contributed by atoms with E-state index in [4.69, 9.17) is 4.74 Å². The van der Waals surface area contributed by atoms with Crippen molar-refractivity contribution >= 4 is 11.8 Å². The molecule has 0 aliphatic heterocycles. The highest BCUT2D eigenvalue weighted by molar-refractivity contribution is 6.10. The highest BCUT2D eigenvalue weighted by Gasteiger charge is 2.58. The van der Waals surface area contributed by atoms with E-state index in [2.05, 4.69) is 0 Å². The number of fused-ring (bicyclic) bond motifs is 5. The summed E-state index contributed by atoms with van der Waals surface area (Å²) in [6, 6.07) is 0. The number of esters is 1. The first-order valence-corrected chi connectivity index (χ1v) is 7.51. The molecule has 3 aliphatic carbocycles. The van der Waals surface area contributed by atoms with E-state index in [0.717, 1.165) is 17.6 Å². The first kappa shape index (κ1) is 12.9. The Morgan fingerprint density at radius 1 is 1.26 bits per heavy atom. The van der Waals surface area contributed by atoms with E-state index in [-0.39, 0.29) is 29.5 Å². The van der Waals surface area contributed by atoms with Gasteiger partial charge in [-0.15, -0.1) is 0 Å². The van der Waals surface area contributed by atoms with Crippen molar-refractivity contribution in [1.29, 1.82) is 0 Å². The van der Waals surface area contributed by atoms with Gasteiger partial charge >= 0.3 is 5.97 Å². The maximum Gasteiger partial charge on any atom is 0.334 e. The molecule has 4 atom stereocenters. The highest BCUT2D eigenvalue weighted by Crippen LogP contribution is 2.60. The fourth-order valence-corrected chi connectivity index (χ4v) is 4.63. The van der Waals surface area contributed by atoms with Crippen LogP contribution in [0.1, 0.15) is 40.0 Å². The maximum atomic E-state index is 12.7. The predicted octanol–water partition coefficient (Wildman–Crippen LogP) is 2.75. The second-order valence-electron chi connectivity index (χ2n) is 6.45. The molecule has 3 aliphatic rings. The first-order valence-electron chi connectivity index (χ1n) is 7.51. The van der Waals surface area contributed by atoms with Crippen molar-refractivity contribution in [2.75, 3.05) is 6.61 Å². The molecule has 3 rings (SSSR count). The van der Waals surface area contributed by atoms with Gasteiger partial charge in [-0.1, -0.05) is 13.8 Å². The van der Waals surface area contributed by atoms with Crippen LogP contribution in [0.15, 0.2) is 11.1 Å². The van der Waals surface area contributed by atoms with Crippen molar-refractivity contribution < 1.29 is 14.3 Å². The molecule has 104 valence electrons. The minimum absolute atomic E-state index is 0.0931. The van der Waals surface area contributed by atoms with Crippen molar-refractivity contribution in [1.82, 2.24) is 0 Å². The van der Waals surface area contributed by atoms with Gasteiger partial charge in [-0.2, -0.15) is 0 Å². The van der Waals surface area contributed by atoms with Crippen molar-refractivity contribution in [3.05, 3.63) is 11.1 Å². The molecular formula is C16H22O3. The number of ketones is 1. The summed E-state index contributed by atoms with van der Waals surface area (Å²) in [5, 5.41) is 0. The molecule has 0 amide bonds. The summed E-state index contributed by atoms with van der Waals surface area (Å²) in [7, 11) is 0. The van der Waals surface area contributed by atoms with E-state index in [0.29, 0.717) is 18.4 Å². The van der Waals surface area contributed by atoms with Gasteiger partial charge in [-0.05, 0) is 43.9 Å². The number of rotatable bonds is 3. The first-order chi connectivity index (χ1) is 9.06. The number of ether oxygens (including phenoxy) is 1. The number of hydrogen-bond donors (Lipinski definition) is 0. The van der Waals surface area contributed by atoms with Crippen LogP contribution in [0, 0.1) is 29.6 Å². The quantitative estimate of drug-likeness (QED) is 0.734. The number of allylic oxidation sites excluding steroid dienone is 1. The van der Waals surface area contributed by atoms with E-state index in [1.807, 2.05) is 20.8 Å². The molecule has 0 unspecified atom stereocenters. The average Bonchev–Trinajstić information content (AvgIpc) is 3.00. The Balaban J connectivity index is 2.03. The van der Waals surface area contributed by atoms with Gasteiger partial charge in [0, 0.05) is 23.0 Å². The Morgan fingerprint density at radius 3 is 2.47 bits per heavy atom. The summed E-state index contributed by atoms with van der Waals surface area (Å²) in [6.45, 7) is 6.22. The lowest BCUT2D eigenvalue weighted by atomic mass is 9.78. The van der Waals surface area contributed by atoms with Crippen LogP contribution >= 0.6 is 0 Å². The molecule has 0 saturated heterocycles. The normalized spacial score (nSPS) is 36.3. The Bertz CT molecular complexity index is 461. The summed E-state index contributed by atoms with van der Waals surface area (Å²) in [5.74, 6) is 1.45. The van der Waals surface area contributed by atoms with Crippen LogP contribution in [0.4, 0.5) is 0 Å². The molecule has 0 aromatic carbocycles. The number of hydrogen-bond acceptors (Lipinski definition) is 3. The zero-order chi connectivity index (χ0) is 13.7. The van der Waals surface area contributed by atoms with Gasteiger partial charge in [-0.3, -0.25) is 4.79 Å². The minimum Gasteiger partial charge on any atom is -0.463 e. The maximum absolute atomic E-state index is 12.7. The van der Waals surface area contributed by atoms with E-state index in [9.17, 15) is 9.59 Å². The third-order valence-corrected chi connectivity index (χ3v) is 5.18. The van der Waals surface area contributed by atoms with E-state index >= 15 is 0 Å². The smallest absolute Gasteiger partial charge is 0.334 e. The zero-order valence-electron chi connectivity index (χ0n) is 11.9. The Kier molecular flexibility index (Phi) is 3.03. The Morgan fingerprint density at radius 2 is 1.89 bits per heavy atom. The number of Topliss-reactive ketones (excluding diaryl/α,β-unsaturated/α-hetero) is 1. The Labute approximate surface area is 114 Å². The molecule has 19 heavy (non-hydrogen) atoms. The van der Waals surface area contributed by atoms with Crippen LogP contribution < -0.4 is 0 Å². The summed E-state index contributed by atoms with van der Waals surface area (Å²) in [6.07, 6.45) is 3.47. The lowest BCUT2D eigenvalue weighted by molar-refractivity contribution is -0.139. The van der Waals surface area contributed by atoms with Gasteiger partial charge in [0.2, 0.25) is 0 Å². The summed E-state index contributed by atoms with van der Waals surface area (Å²) < 4.78 is 5.22. The van der Waals surface area contributed by atoms with Gasteiger partial charge in [0.1, 0.15) is 0 Å². The molecular weight excluding hydrogens is 240 g/mol. The lowest BCUT2D eigenvalue weighted by Crippen LogP contribution is -2.26. The lowest BCUT2D eigenvalue weighted by Gasteiger charge is -2.25. The Hall–Kier alpha value is -1.12. The van der Waals surface area contributed by atoms with Crippen molar-refractivity contribution in [3.63, 3.8) is 0 Å². The third-order valence-electron chi connectivity index (χ3n) is 5.18. The van der Waals surface area contributed by atoms with Crippen LogP contribution in [0.3, 0.4) is 0 Å². The van der Waals surface area contributed by atoms with E-state index in [1.54, 1.807) is 0 Å². The molecule has 2 bridgehead atoms. The molecule has 0 N–H and O–H groups in total. The second-order valence-corrected chi connectivity index (χ2v) is 6.45. The minimum atomic E-state index is -0.236. The monoisotopic (exact) mass is 262 g/mol. The topological polar surface area (TPSA) is 43.4 Å². The van der Waals surface area contributed by atoms with Crippen LogP contribution in [-0.4, -0.2) is 18.4 Å². The van der Waals surface area contributed by atoms with Crippen LogP contribution in [0.5, 0.6) is 0 Å². The third kappa shape index (κ3) is 1.70. The number of carbonyl (C=O) groups is 2. The molecule has 0 spiro atoms. The highest BCUT2D eigenvalue weighted by atomic mass is 16.5.